The first-order valence-electron chi connectivity index (χ1n) is 6.77. The summed E-state index contributed by atoms with van der Waals surface area (Å²) >= 11 is 0. The van der Waals surface area contributed by atoms with E-state index in [1.165, 1.54) is 32.1 Å². The lowest BCUT2D eigenvalue weighted by Crippen LogP contribution is -2.39. The molecule has 2 atom stereocenters. The molecular weight excluding hydrogens is 200 g/mol. The van der Waals surface area contributed by atoms with Crippen LogP contribution in [0.15, 0.2) is 0 Å². The Kier molecular flexibility index (Phi) is 6.46. The zero-order chi connectivity index (χ0) is 11.8. The van der Waals surface area contributed by atoms with Crippen LogP contribution in [0.4, 0.5) is 0 Å². The van der Waals surface area contributed by atoms with E-state index in [1.54, 1.807) is 0 Å². The van der Waals surface area contributed by atoms with Crippen LogP contribution in [0.1, 0.15) is 58.3 Å². The second kappa shape index (κ2) is 7.66. The van der Waals surface area contributed by atoms with Crippen LogP contribution in [0.25, 0.3) is 0 Å². The molecule has 3 N–H and O–H groups in total. The van der Waals surface area contributed by atoms with Gasteiger partial charge in [-0.15, -0.1) is 0 Å². The van der Waals surface area contributed by atoms with Gasteiger partial charge in [0.15, 0.2) is 0 Å². The smallest absolute Gasteiger partial charge is 0.220 e. The van der Waals surface area contributed by atoms with Crippen LogP contribution >= 0.6 is 0 Å². The van der Waals surface area contributed by atoms with E-state index in [2.05, 4.69) is 12.2 Å². The molecular formula is C13H26N2O. The van der Waals surface area contributed by atoms with Gasteiger partial charge in [0.2, 0.25) is 5.91 Å². The van der Waals surface area contributed by atoms with Gasteiger partial charge >= 0.3 is 0 Å². The molecule has 1 aliphatic carbocycles. The summed E-state index contributed by atoms with van der Waals surface area (Å²) in [5.74, 6) is 0.737. The fourth-order valence-corrected chi connectivity index (χ4v) is 2.50. The van der Waals surface area contributed by atoms with Crippen LogP contribution in [0.2, 0.25) is 0 Å². The van der Waals surface area contributed by atoms with Crippen molar-refractivity contribution in [1.29, 1.82) is 0 Å². The van der Waals surface area contributed by atoms with Crippen LogP contribution in [0.3, 0.4) is 0 Å². The van der Waals surface area contributed by atoms with E-state index in [-0.39, 0.29) is 5.91 Å². The molecule has 0 bridgehead atoms. The van der Waals surface area contributed by atoms with E-state index < -0.39 is 0 Å². The zero-order valence-electron chi connectivity index (χ0n) is 10.5. The first-order valence-corrected chi connectivity index (χ1v) is 6.77. The van der Waals surface area contributed by atoms with Gasteiger partial charge in [0.05, 0.1) is 0 Å². The minimum absolute atomic E-state index is 0.224. The number of nitrogens with two attached hydrogens (primary N) is 1. The molecule has 1 fully saturated rings. The summed E-state index contributed by atoms with van der Waals surface area (Å²) in [6, 6.07) is 0.351. The monoisotopic (exact) mass is 226 g/mol. The number of rotatable bonds is 7. The molecule has 1 rings (SSSR count). The van der Waals surface area contributed by atoms with Crippen molar-refractivity contribution in [2.45, 2.75) is 64.3 Å². The number of hydrogen-bond acceptors (Lipinski definition) is 2. The third-order valence-corrected chi connectivity index (χ3v) is 3.57. The van der Waals surface area contributed by atoms with Gasteiger partial charge < -0.3 is 11.1 Å². The summed E-state index contributed by atoms with van der Waals surface area (Å²) in [6.45, 7) is 2.89. The summed E-state index contributed by atoms with van der Waals surface area (Å²) in [4.78, 5) is 11.7. The Hall–Kier alpha value is -0.570. The second-order valence-electron chi connectivity index (χ2n) is 4.91. The molecule has 1 aliphatic rings. The number of hydrogen-bond donors (Lipinski definition) is 2. The van der Waals surface area contributed by atoms with E-state index >= 15 is 0 Å². The fourth-order valence-electron chi connectivity index (χ4n) is 2.50. The van der Waals surface area contributed by atoms with Gasteiger partial charge in [-0.05, 0) is 31.7 Å². The molecule has 3 nitrogen and oxygen atoms in total. The molecule has 0 spiro atoms. The highest BCUT2D eigenvalue weighted by Gasteiger charge is 2.26. The number of carbonyl (C=O) groups is 1. The molecule has 0 radical (unpaired) electrons. The standard InChI is InChI=1S/C13H26N2O/c1-2-3-4-5-9-13(16)15-12-8-6-7-11(12)10-14/h11-12H,2-10,14H2,1H3,(H,15,16). The molecule has 94 valence electrons. The molecule has 3 heteroatoms. The lowest BCUT2D eigenvalue weighted by molar-refractivity contribution is -0.122. The Morgan fingerprint density at radius 2 is 2.12 bits per heavy atom. The van der Waals surface area contributed by atoms with E-state index in [0.29, 0.717) is 24.9 Å². The highest BCUT2D eigenvalue weighted by molar-refractivity contribution is 5.76. The average molecular weight is 226 g/mol. The first kappa shape index (κ1) is 13.5. The minimum Gasteiger partial charge on any atom is -0.353 e. The van der Waals surface area contributed by atoms with Crippen molar-refractivity contribution < 1.29 is 4.79 Å². The van der Waals surface area contributed by atoms with Crippen LogP contribution in [-0.4, -0.2) is 18.5 Å². The fraction of sp³-hybridized carbons (Fsp3) is 0.923. The molecule has 0 heterocycles. The van der Waals surface area contributed by atoms with E-state index in [4.69, 9.17) is 5.73 Å². The molecule has 16 heavy (non-hydrogen) atoms. The SMILES string of the molecule is CCCCCCC(=O)NC1CCCC1CN. The van der Waals surface area contributed by atoms with Crippen molar-refractivity contribution in [3.8, 4) is 0 Å². The summed E-state index contributed by atoms with van der Waals surface area (Å²) < 4.78 is 0. The van der Waals surface area contributed by atoms with Crippen molar-refractivity contribution in [1.82, 2.24) is 5.32 Å². The predicted molar refractivity (Wildman–Crippen MR) is 67.1 cm³/mol. The summed E-state index contributed by atoms with van der Waals surface area (Å²) in [5, 5.41) is 3.14. The van der Waals surface area contributed by atoms with Gasteiger partial charge in [-0.3, -0.25) is 4.79 Å². The average Bonchev–Trinajstić information content (AvgIpc) is 2.71. The summed E-state index contributed by atoms with van der Waals surface area (Å²) in [5.41, 5.74) is 5.69. The van der Waals surface area contributed by atoms with E-state index in [9.17, 15) is 4.79 Å². The van der Waals surface area contributed by atoms with Crippen molar-refractivity contribution in [2.75, 3.05) is 6.54 Å². The highest BCUT2D eigenvalue weighted by Crippen LogP contribution is 2.24. The Morgan fingerprint density at radius 1 is 1.31 bits per heavy atom. The van der Waals surface area contributed by atoms with Gasteiger partial charge in [-0.25, -0.2) is 0 Å². The molecule has 0 saturated heterocycles. The van der Waals surface area contributed by atoms with E-state index in [0.717, 1.165) is 12.8 Å². The first-order chi connectivity index (χ1) is 7.77. The number of amides is 1. The zero-order valence-corrected chi connectivity index (χ0v) is 10.5. The lowest BCUT2D eigenvalue weighted by Gasteiger charge is -2.19. The van der Waals surface area contributed by atoms with Crippen LogP contribution < -0.4 is 11.1 Å². The molecule has 0 aromatic carbocycles. The number of unbranched alkanes of at least 4 members (excludes halogenated alkanes) is 3. The van der Waals surface area contributed by atoms with Crippen LogP contribution in [0, 0.1) is 5.92 Å². The minimum atomic E-state index is 0.224. The van der Waals surface area contributed by atoms with Crippen molar-refractivity contribution >= 4 is 5.91 Å². The maximum Gasteiger partial charge on any atom is 0.220 e. The summed E-state index contributed by atoms with van der Waals surface area (Å²) in [6.07, 6.45) is 8.85. The molecule has 0 aromatic rings. The molecule has 0 aliphatic heterocycles. The number of carbonyl (C=O) groups excluding carboxylic acids is 1. The molecule has 1 saturated carbocycles. The molecule has 0 aromatic heterocycles. The lowest BCUT2D eigenvalue weighted by atomic mass is 10.0. The Balaban J connectivity index is 2.13. The Labute approximate surface area is 99.2 Å². The van der Waals surface area contributed by atoms with Gasteiger partial charge in [0.1, 0.15) is 0 Å². The van der Waals surface area contributed by atoms with Gasteiger partial charge in [-0.1, -0.05) is 32.6 Å². The third-order valence-electron chi connectivity index (χ3n) is 3.57. The molecule has 2 unspecified atom stereocenters. The van der Waals surface area contributed by atoms with Gasteiger partial charge in [0.25, 0.3) is 0 Å². The predicted octanol–water partition coefficient (Wildman–Crippen LogP) is 2.20. The van der Waals surface area contributed by atoms with Crippen LogP contribution in [0.5, 0.6) is 0 Å². The largest absolute Gasteiger partial charge is 0.353 e. The maximum absolute atomic E-state index is 11.7. The van der Waals surface area contributed by atoms with Crippen molar-refractivity contribution in [3.05, 3.63) is 0 Å². The van der Waals surface area contributed by atoms with Crippen LogP contribution in [-0.2, 0) is 4.79 Å². The highest BCUT2D eigenvalue weighted by atomic mass is 16.1. The summed E-state index contributed by atoms with van der Waals surface area (Å²) in [7, 11) is 0. The van der Waals surface area contributed by atoms with Gasteiger partial charge in [-0.2, -0.15) is 0 Å². The van der Waals surface area contributed by atoms with Crippen molar-refractivity contribution in [2.24, 2.45) is 11.7 Å². The third kappa shape index (κ3) is 4.52. The Bertz CT molecular complexity index is 206. The maximum atomic E-state index is 11.7. The van der Waals surface area contributed by atoms with Gasteiger partial charge in [0, 0.05) is 12.5 Å². The second-order valence-corrected chi connectivity index (χ2v) is 4.91. The normalized spacial score (nSPS) is 24.6. The Morgan fingerprint density at radius 3 is 2.81 bits per heavy atom. The number of nitrogens with one attached hydrogen (secondary N) is 1. The topological polar surface area (TPSA) is 55.1 Å². The quantitative estimate of drug-likeness (QED) is 0.654. The molecule has 1 amide bonds. The van der Waals surface area contributed by atoms with Crippen molar-refractivity contribution in [3.63, 3.8) is 0 Å². The van der Waals surface area contributed by atoms with E-state index in [1.807, 2.05) is 0 Å².